The Hall–Kier alpha value is -1.90. The lowest BCUT2D eigenvalue weighted by molar-refractivity contribution is -0.121. The van der Waals surface area contributed by atoms with Gasteiger partial charge in [0.15, 0.2) is 11.5 Å². The number of amides is 1. The van der Waals surface area contributed by atoms with Crippen LogP contribution in [0.25, 0.3) is 6.08 Å². The number of benzene rings is 2. The first kappa shape index (κ1) is 19.9. The molecule has 0 aliphatic carbocycles. The van der Waals surface area contributed by atoms with Crippen LogP contribution in [0.2, 0.25) is 0 Å². The number of halogens is 2. The summed E-state index contributed by atoms with van der Waals surface area (Å²) in [4.78, 5) is 14.2. The van der Waals surface area contributed by atoms with Crippen molar-refractivity contribution in [3.05, 3.63) is 62.7 Å². The van der Waals surface area contributed by atoms with E-state index in [9.17, 15) is 9.18 Å². The van der Waals surface area contributed by atoms with Crippen molar-refractivity contribution in [3.8, 4) is 11.5 Å². The van der Waals surface area contributed by atoms with Crippen molar-refractivity contribution in [2.24, 2.45) is 0 Å². The molecule has 4 nitrogen and oxygen atoms in total. The Bertz CT molecular complexity index is 931. The zero-order chi connectivity index (χ0) is 19.6. The molecule has 140 valence electrons. The van der Waals surface area contributed by atoms with Crippen LogP contribution in [0.5, 0.6) is 11.5 Å². The molecule has 27 heavy (non-hydrogen) atoms. The Balaban J connectivity index is 1.84. The third-order valence-corrected chi connectivity index (χ3v) is 5.91. The summed E-state index contributed by atoms with van der Waals surface area (Å²) < 4.78 is 25.5. The zero-order valence-corrected chi connectivity index (χ0v) is 17.7. The number of carbonyl (C=O) groups excluding carboxylic acids is 1. The minimum atomic E-state index is -0.292. The Morgan fingerprint density at radius 3 is 2.59 bits per heavy atom. The fraction of sp³-hybridized carbons (Fsp3) is 0.158. The molecule has 0 spiro atoms. The molecule has 1 aliphatic rings. The van der Waals surface area contributed by atoms with Crippen molar-refractivity contribution < 1.29 is 18.7 Å². The molecule has 3 rings (SSSR count). The van der Waals surface area contributed by atoms with Gasteiger partial charge in [-0.1, -0.05) is 36.1 Å². The molecular formula is C19H15BrFNO3S2. The van der Waals surface area contributed by atoms with Crippen LogP contribution in [0.15, 0.2) is 45.8 Å². The number of rotatable bonds is 5. The summed E-state index contributed by atoms with van der Waals surface area (Å²) in [6.07, 6.45) is 1.76. The maximum absolute atomic E-state index is 13.0. The maximum Gasteiger partial charge on any atom is 0.265 e. The molecule has 1 amide bonds. The molecule has 0 unspecified atom stereocenters. The van der Waals surface area contributed by atoms with E-state index in [0.717, 1.165) is 11.1 Å². The summed E-state index contributed by atoms with van der Waals surface area (Å²) in [7, 11) is 3.20. The van der Waals surface area contributed by atoms with Gasteiger partial charge in [-0.25, -0.2) is 4.39 Å². The lowest BCUT2D eigenvalue weighted by Gasteiger charge is -2.14. The maximum atomic E-state index is 13.0. The minimum absolute atomic E-state index is 0.128. The van der Waals surface area contributed by atoms with Crippen LogP contribution >= 0.6 is 39.9 Å². The topological polar surface area (TPSA) is 38.8 Å². The fourth-order valence-electron chi connectivity index (χ4n) is 2.40. The van der Waals surface area contributed by atoms with Gasteiger partial charge in [0.25, 0.3) is 5.91 Å². The molecule has 0 saturated carbocycles. The van der Waals surface area contributed by atoms with Gasteiger partial charge in [-0.3, -0.25) is 9.69 Å². The molecule has 0 aromatic heterocycles. The summed E-state index contributed by atoms with van der Waals surface area (Å²) in [6.45, 7) is 0.267. The van der Waals surface area contributed by atoms with E-state index >= 15 is 0 Å². The van der Waals surface area contributed by atoms with E-state index in [-0.39, 0.29) is 18.3 Å². The van der Waals surface area contributed by atoms with E-state index in [1.54, 1.807) is 38.4 Å². The van der Waals surface area contributed by atoms with E-state index in [2.05, 4.69) is 15.9 Å². The molecule has 2 aromatic rings. The predicted octanol–water partition coefficient (Wildman–Crippen LogP) is 5.01. The first-order valence-electron chi connectivity index (χ1n) is 7.85. The number of thiocarbonyl (C=S) groups is 1. The molecular weight excluding hydrogens is 453 g/mol. The normalized spacial score (nSPS) is 15.6. The van der Waals surface area contributed by atoms with Crippen molar-refractivity contribution in [1.29, 1.82) is 0 Å². The predicted molar refractivity (Wildman–Crippen MR) is 112 cm³/mol. The number of likely N-dealkylation sites (N-methyl/N-ethyl adjacent to an activating group) is 1. The van der Waals surface area contributed by atoms with Crippen LogP contribution in [0.1, 0.15) is 11.1 Å². The number of hydrogen-bond donors (Lipinski definition) is 0. The largest absolute Gasteiger partial charge is 0.493 e. The number of nitrogens with zero attached hydrogens (tertiary/aromatic N) is 1. The van der Waals surface area contributed by atoms with Gasteiger partial charge < -0.3 is 9.47 Å². The zero-order valence-electron chi connectivity index (χ0n) is 14.5. The van der Waals surface area contributed by atoms with Crippen LogP contribution in [0, 0.1) is 5.82 Å². The average Bonchev–Trinajstić information content (AvgIpc) is 2.88. The second-order valence-corrected chi connectivity index (χ2v) is 8.22. The lowest BCUT2D eigenvalue weighted by Crippen LogP contribution is -2.22. The third-order valence-electron chi connectivity index (χ3n) is 3.83. The SMILES string of the molecule is COc1cc(/C=C2\SC(=S)N(C)C2=O)cc(Br)c1OCc1ccc(F)cc1. The fourth-order valence-corrected chi connectivity index (χ4v) is 4.15. The van der Waals surface area contributed by atoms with E-state index in [4.69, 9.17) is 21.7 Å². The highest BCUT2D eigenvalue weighted by Crippen LogP contribution is 2.39. The van der Waals surface area contributed by atoms with Gasteiger partial charge >= 0.3 is 0 Å². The van der Waals surface area contributed by atoms with Crippen LogP contribution < -0.4 is 9.47 Å². The van der Waals surface area contributed by atoms with Crippen LogP contribution in [-0.2, 0) is 11.4 Å². The van der Waals surface area contributed by atoms with Gasteiger partial charge in [-0.2, -0.15) is 0 Å². The van der Waals surface area contributed by atoms with Crippen molar-refractivity contribution in [2.45, 2.75) is 6.61 Å². The quantitative estimate of drug-likeness (QED) is 0.456. The highest BCUT2D eigenvalue weighted by atomic mass is 79.9. The number of hydrogen-bond acceptors (Lipinski definition) is 5. The molecule has 1 fully saturated rings. The van der Waals surface area contributed by atoms with Crippen molar-refractivity contribution in [1.82, 2.24) is 4.90 Å². The molecule has 1 aliphatic heterocycles. The summed E-state index contributed by atoms with van der Waals surface area (Å²) >= 11 is 9.90. The number of carbonyl (C=O) groups is 1. The Kier molecular flexibility index (Phi) is 6.18. The summed E-state index contributed by atoms with van der Waals surface area (Å²) in [6, 6.07) is 9.72. The van der Waals surface area contributed by atoms with Gasteiger partial charge in [0.1, 0.15) is 16.7 Å². The Morgan fingerprint density at radius 1 is 1.30 bits per heavy atom. The molecule has 0 radical (unpaired) electrons. The molecule has 0 N–H and O–H groups in total. The van der Waals surface area contributed by atoms with Crippen molar-refractivity contribution >= 4 is 56.2 Å². The van der Waals surface area contributed by atoms with Crippen LogP contribution in [0.3, 0.4) is 0 Å². The standard InChI is InChI=1S/C19H15BrFNO3S2/c1-22-18(23)16(27-19(22)26)9-12-7-14(20)17(15(8-12)24-2)25-10-11-3-5-13(21)6-4-11/h3-9H,10H2,1-2H3/b16-9-. The molecule has 1 saturated heterocycles. The van der Waals surface area contributed by atoms with Crippen LogP contribution in [-0.4, -0.2) is 29.3 Å². The van der Waals surface area contributed by atoms with Crippen LogP contribution in [0.4, 0.5) is 4.39 Å². The summed E-state index contributed by atoms with van der Waals surface area (Å²) in [5.74, 6) is 0.628. The third kappa shape index (κ3) is 4.51. The van der Waals surface area contributed by atoms with E-state index in [1.807, 2.05) is 6.07 Å². The van der Waals surface area contributed by atoms with E-state index in [0.29, 0.717) is 25.2 Å². The highest BCUT2D eigenvalue weighted by Gasteiger charge is 2.28. The van der Waals surface area contributed by atoms with Gasteiger partial charge in [0, 0.05) is 7.05 Å². The average molecular weight is 468 g/mol. The van der Waals surface area contributed by atoms with Crippen molar-refractivity contribution in [2.75, 3.05) is 14.2 Å². The Morgan fingerprint density at radius 2 is 2.00 bits per heavy atom. The second kappa shape index (κ2) is 8.41. The lowest BCUT2D eigenvalue weighted by atomic mass is 10.1. The van der Waals surface area contributed by atoms with Gasteiger partial charge in [-0.05, 0) is 57.4 Å². The van der Waals surface area contributed by atoms with Crippen molar-refractivity contribution in [3.63, 3.8) is 0 Å². The molecule has 0 bridgehead atoms. The van der Waals surface area contributed by atoms with E-state index < -0.39 is 0 Å². The first-order chi connectivity index (χ1) is 12.9. The molecule has 8 heteroatoms. The van der Waals surface area contributed by atoms with Gasteiger partial charge in [0.05, 0.1) is 16.5 Å². The molecule has 0 atom stereocenters. The highest BCUT2D eigenvalue weighted by molar-refractivity contribution is 9.10. The van der Waals surface area contributed by atoms with E-state index in [1.165, 1.54) is 28.8 Å². The van der Waals surface area contributed by atoms with Gasteiger partial charge in [0.2, 0.25) is 0 Å². The number of thioether (sulfide) groups is 1. The van der Waals surface area contributed by atoms with Gasteiger partial charge in [-0.15, -0.1) is 0 Å². The Labute approximate surface area is 174 Å². The first-order valence-corrected chi connectivity index (χ1v) is 9.87. The monoisotopic (exact) mass is 467 g/mol. The molecule has 1 heterocycles. The molecule has 2 aromatic carbocycles. The summed E-state index contributed by atoms with van der Waals surface area (Å²) in [5, 5.41) is 0. The second-order valence-electron chi connectivity index (χ2n) is 5.69. The smallest absolute Gasteiger partial charge is 0.265 e. The number of methoxy groups -OCH3 is 1. The minimum Gasteiger partial charge on any atom is -0.493 e. The number of ether oxygens (including phenoxy) is 2. The summed E-state index contributed by atoms with van der Waals surface area (Å²) in [5.41, 5.74) is 1.61.